The molecule has 1 aromatic rings. The van der Waals surface area contributed by atoms with Gasteiger partial charge >= 0.3 is 0 Å². The van der Waals surface area contributed by atoms with Gasteiger partial charge in [-0.1, -0.05) is 11.6 Å². The first-order valence-corrected chi connectivity index (χ1v) is 5.52. The Kier molecular flexibility index (Phi) is 3.35. The molecule has 0 spiro atoms. The summed E-state index contributed by atoms with van der Waals surface area (Å²) in [6, 6.07) is 0. The van der Waals surface area contributed by atoms with Crippen molar-refractivity contribution in [2.75, 3.05) is 27.2 Å². The molecule has 0 amide bonds. The minimum Gasteiger partial charge on any atom is -0.351 e. The van der Waals surface area contributed by atoms with E-state index in [-0.39, 0.29) is 0 Å². The Morgan fingerprint density at radius 3 is 3.14 bits per heavy atom. The molecular weight excluding hydrogens is 222 g/mol. The molecule has 0 radical (unpaired) electrons. The molecule has 1 fully saturated rings. The number of aromatic nitrogens is 1. The molecule has 0 bridgehead atoms. The minimum absolute atomic E-state index is 0.603. The topological polar surface area (TPSA) is 28.6 Å². The normalized spacial score (nSPS) is 20.1. The molecule has 14 heavy (non-hydrogen) atoms. The van der Waals surface area contributed by atoms with Crippen LogP contribution in [-0.4, -0.2) is 42.0 Å². The number of ether oxygens (including phenoxy) is 1. The zero-order chi connectivity index (χ0) is 9.97. The molecule has 0 N–H and O–H groups in total. The zero-order valence-electron chi connectivity index (χ0n) is 7.94. The van der Waals surface area contributed by atoms with Crippen LogP contribution in [0.1, 0.15) is 4.88 Å². The van der Waals surface area contributed by atoms with Gasteiger partial charge in [-0.2, -0.15) is 0 Å². The first-order chi connectivity index (χ1) is 6.74. The summed E-state index contributed by atoms with van der Waals surface area (Å²) in [6.07, 6.45) is 1.82. The van der Waals surface area contributed by atoms with Gasteiger partial charge in [-0.15, -0.1) is 11.3 Å². The largest absolute Gasteiger partial charge is 0.351 e. The Labute approximate surface area is 92.0 Å². The standard InChI is InChI=1S/C8H12ClN3OS/c1-11-4-12(6-13-5-11)3-7-2-10-8(9)14-7/h2H,3-6H2,1H3. The summed E-state index contributed by atoms with van der Waals surface area (Å²) in [7, 11) is 2.03. The van der Waals surface area contributed by atoms with Gasteiger partial charge in [0.2, 0.25) is 0 Å². The third-order valence-corrected chi connectivity index (χ3v) is 3.03. The Hall–Kier alpha value is -0.200. The Balaban J connectivity index is 1.90. The Bertz CT molecular complexity index is 307. The molecule has 0 saturated carbocycles. The summed E-state index contributed by atoms with van der Waals surface area (Å²) in [6.45, 7) is 3.17. The molecule has 1 aliphatic heterocycles. The Morgan fingerprint density at radius 2 is 2.50 bits per heavy atom. The minimum atomic E-state index is 0.603. The number of thiazole rings is 1. The summed E-state index contributed by atoms with van der Waals surface area (Å²) >= 11 is 7.28. The SMILES string of the molecule is CN1COCN(Cc2cnc(Cl)s2)C1. The highest BCUT2D eigenvalue weighted by Crippen LogP contribution is 2.19. The summed E-state index contributed by atoms with van der Waals surface area (Å²) in [5, 5.41) is 0. The van der Waals surface area contributed by atoms with Crippen molar-refractivity contribution < 1.29 is 4.74 Å². The number of hydrogen-bond acceptors (Lipinski definition) is 5. The second-order valence-corrected chi connectivity index (χ2v) is 5.07. The molecule has 0 aliphatic carbocycles. The van der Waals surface area contributed by atoms with Crippen LogP contribution in [0.5, 0.6) is 0 Å². The van der Waals surface area contributed by atoms with Crippen LogP contribution in [0.15, 0.2) is 6.20 Å². The van der Waals surface area contributed by atoms with E-state index < -0.39 is 0 Å². The highest BCUT2D eigenvalue weighted by molar-refractivity contribution is 7.15. The van der Waals surface area contributed by atoms with E-state index in [1.807, 2.05) is 13.2 Å². The molecule has 4 nitrogen and oxygen atoms in total. The van der Waals surface area contributed by atoms with Crippen LogP contribution in [0.3, 0.4) is 0 Å². The number of hydrogen-bond donors (Lipinski definition) is 0. The molecule has 0 aromatic carbocycles. The molecule has 0 unspecified atom stereocenters. The van der Waals surface area contributed by atoms with Crippen LogP contribution in [0, 0.1) is 0 Å². The average molecular weight is 234 g/mol. The highest BCUT2D eigenvalue weighted by Gasteiger charge is 2.15. The van der Waals surface area contributed by atoms with Crippen LogP contribution in [0.2, 0.25) is 4.47 Å². The van der Waals surface area contributed by atoms with Gasteiger partial charge in [0.1, 0.15) is 13.5 Å². The predicted octanol–water partition coefficient (Wildman–Crippen LogP) is 1.43. The fraction of sp³-hybridized carbons (Fsp3) is 0.625. The smallest absolute Gasteiger partial charge is 0.183 e. The van der Waals surface area contributed by atoms with E-state index in [0.717, 1.165) is 13.2 Å². The van der Waals surface area contributed by atoms with Gasteiger partial charge in [0.05, 0.1) is 6.67 Å². The van der Waals surface area contributed by atoms with E-state index >= 15 is 0 Å². The predicted molar refractivity (Wildman–Crippen MR) is 56.1 cm³/mol. The lowest BCUT2D eigenvalue weighted by atomic mass is 10.5. The molecule has 1 saturated heterocycles. The van der Waals surface area contributed by atoms with Crippen molar-refractivity contribution in [3.8, 4) is 0 Å². The van der Waals surface area contributed by atoms with Gasteiger partial charge in [0, 0.05) is 17.6 Å². The van der Waals surface area contributed by atoms with Crippen molar-refractivity contribution in [3.05, 3.63) is 15.5 Å². The maximum atomic E-state index is 5.75. The fourth-order valence-electron chi connectivity index (χ4n) is 1.42. The Morgan fingerprint density at radius 1 is 1.64 bits per heavy atom. The van der Waals surface area contributed by atoms with Crippen molar-refractivity contribution in [1.82, 2.24) is 14.8 Å². The lowest BCUT2D eigenvalue weighted by molar-refractivity contribution is -0.104. The quantitative estimate of drug-likeness (QED) is 0.773. The third kappa shape index (κ3) is 2.65. The lowest BCUT2D eigenvalue weighted by Gasteiger charge is -2.32. The van der Waals surface area contributed by atoms with Crippen molar-refractivity contribution in [2.24, 2.45) is 0 Å². The first-order valence-electron chi connectivity index (χ1n) is 4.33. The average Bonchev–Trinajstić information content (AvgIpc) is 2.51. The van der Waals surface area contributed by atoms with Gasteiger partial charge in [0.15, 0.2) is 4.47 Å². The summed E-state index contributed by atoms with van der Waals surface area (Å²) in [5.41, 5.74) is 0. The molecule has 2 rings (SSSR count). The molecular formula is C8H12ClN3OS. The molecule has 78 valence electrons. The first kappa shape index (κ1) is 10.3. The molecule has 1 aliphatic rings. The van der Waals surface area contributed by atoms with E-state index in [1.165, 1.54) is 16.2 Å². The third-order valence-electron chi connectivity index (χ3n) is 1.93. The van der Waals surface area contributed by atoms with E-state index in [9.17, 15) is 0 Å². The van der Waals surface area contributed by atoms with E-state index in [2.05, 4.69) is 14.8 Å². The molecule has 1 aromatic heterocycles. The van der Waals surface area contributed by atoms with Gasteiger partial charge in [-0.05, 0) is 7.05 Å². The van der Waals surface area contributed by atoms with Crippen molar-refractivity contribution in [3.63, 3.8) is 0 Å². The van der Waals surface area contributed by atoms with E-state index in [1.54, 1.807) is 0 Å². The molecule has 6 heteroatoms. The molecule has 0 atom stereocenters. The summed E-state index contributed by atoms with van der Waals surface area (Å²) < 4.78 is 5.98. The van der Waals surface area contributed by atoms with Crippen LogP contribution in [0.25, 0.3) is 0 Å². The van der Waals surface area contributed by atoms with E-state index in [0.29, 0.717) is 17.9 Å². The monoisotopic (exact) mass is 233 g/mol. The van der Waals surface area contributed by atoms with Gasteiger partial charge in [-0.25, -0.2) is 4.98 Å². The van der Waals surface area contributed by atoms with E-state index in [4.69, 9.17) is 16.3 Å². The van der Waals surface area contributed by atoms with Gasteiger partial charge < -0.3 is 4.74 Å². The van der Waals surface area contributed by atoms with Crippen molar-refractivity contribution in [1.29, 1.82) is 0 Å². The van der Waals surface area contributed by atoms with Crippen LogP contribution < -0.4 is 0 Å². The fourth-order valence-corrected chi connectivity index (χ4v) is 2.44. The lowest BCUT2D eigenvalue weighted by Crippen LogP contribution is -2.43. The summed E-state index contributed by atoms with van der Waals surface area (Å²) in [5.74, 6) is 0. The maximum absolute atomic E-state index is 5.75. The highest BCUT2D eigenvalue weighted by atomic mass is 35.5. The number of nitrogens with zero attached hydrogens (tertiary/aromatic N) is 3. The second-order valence-electron chi connectivity index (χ2n) is 3.37. The van der Waals surface area contributed by atoms with Crippen LogP contribution in [-0.2, 0) is 11.3 Å². The molecule has 2 heterocycles. The maximum Gasteiger partial charge on any atom is 0.183 e. The van der Waals surface area contributed by atoms with Gasteiger partial charge in [0.25, 0.3) is 0 Å². The van der Waals surface area contributed by atoms with Gasteiger partial charge in [-0.3, -0.25) is 9.80 Å². The van der Waals surface area contributed by atoms with Crippen LogP contribution in [0.4, 0.5) is 0 Å². The zero-order valence-corrected chi connectivity index (χ0v) is 9.51. The number of rotatable bonds is 2. The second kappa shape index (κ2) is 4.55. The van der Waals surface area contributed by atoms with Crippen LogP contribution >= 0.6 is 22.9 Å². The number of halogens is 1. The van der Waals surface area contributed by atoms with Crippen molar-refractivity contribution >= 4 is 22.9 Å². The summed E-state index contributed by atoms with van der Waals surface area (Å²) in [4.78, 5) is 9.50. The van der Waals surface area contributed by atoms with Crippen molar-refractivity contribution in [2.45, 2.75) is 6.54 Å².